The highest BCUT2D eigenvalue weighted by atomic mass is 15.3. The van der Waals surface area contributed by atoms with Crippen LogP contribution in [0.4, 0.5) is 0 Å². The van der Waals surface area contributed by atoms with Crippen LogP contribution < -0.4 is 5.32 Å². The summed E-state index contributed by atoms with van der Waals surface area (Å²) in [6, 6.07) is 9.66. The van der Waals surface area contributed by atoms with E-state index in [0.717, 1.165) is 18.5 Å². The van der Waals surface area contributed by atoms with E-state index in [2.05, 4.69) is 68.2 Å². The lowest BCUT2D eigenvalue weighted by Gasteiger charge is -2.17. The Morgan fingerprint density at radius 1 is 1.19 bits per heavy atom. The Labute approximate surface area is 128 Å². The lowest BCUT2D eigenvalue weighted by molar-refractivity contribution is 0.469. The fourth-order valence-corrected chi connectivity index (χ4v) is 2.73. The third kappa shape index (κ3) is 3.94. The Morgan fingerprint density at radius 3 is 2.43 bits per heavy atom. The Bertz CT molecular complexity index is 566. The minimum atomic E-state index is 0.309. The van der Waals surface area contributed by atoms with Gasteiger partial charge in [0, 0.05) is 24.7 Å². The fraction of sp³-hybridized carbons (Fsp3) is 0.500. The van der Waals surface area contributed by atoms with Crippen molar-refractivity contribution >= 4 is 0 Å². The summed E-state index contributed by atoms with van der Waals surface area (Å²) in [5.41, 5.74) is 5.12. The van der Waals surface area contributed by atoms with Gasteiger partial charge in [-0.1, -0.05) is 36.2 Å². The number of nitrogens with one attached hydrogen (secondary N) is 1. The second-order valence-electron chi connectivity index (χ2n) is 6.01. The molecule has 21 heavy (non-hydrogen) atoms. The summed E-state index contributed by atoms with van der Waals surface area (Å²) in [6.45, 7) is 8.70. The molecular formula is C18H27N3. The number of hydrogen-bond acceptors (Lipinski definition) is 2. The van der Waals surface area contributed by atoms with E-state index in [-0.39, 0.29) is 0 Å². The second kappa shape index (κ2) is 6.90. The molecule has 0 aliphatic heterocycles. The van der Waals surface area contributed by atoms with Crippen LogP contribution in [-0.4, -0.2) is 16.8 Å². The van der Waals surface area contributed by atoms with Crippen LogP contribution in [0.15, 0.2) is 30.5 Å². The van der Waals surface area contributed by atoms with Crippen LogP contribution >= 0.6 is 0 Å². The zero-order chi connectivity index (χ0) is 15.4. The minimum Gasteiger partial charge on any atom is -0.313 e. The van der Waals surface area contributed by atoms with Crippen molar-refractivity contribution in [3.8, 4) is 0 Å². The van der Waals surface area contributed by atoms with Gasteiger partial charge >= 0.3 is 0 Å². The van der Waals surface area contributed by atoms with Crippen LogP contribution in [0.1, 0.15) is 54.7 Å². The van der Waals surface area contributed by atoms with Gasteiger partial charge in [-0.3, -0.25) is 4.68 Å². The molecule has 3 nitrogen and oxygen atoms in total. The molecule has 1 aromatic heterocycles. The monoisotopic (exact) mass is 285 g/mol. The number of likely N-dealkylation sites (N-methyl/N-ethyl adjacent to an activating group) is 1. The van der Waals surface area contributed by atoms with Gasteiger partial charge in [-0.2, -0.15) is 5.10 Å². The van der Waals surface area contributed by atoms with E-state index < -0.39 is 0 Å². The maximum Gasteiger partial charge on any atom is 0.0643 e. The molecule has 0 saturated heterocycles. The molecule has 1 aromatic carbocycles. The first kappa shape index (κ1) is 15.8. The molecule has 114 valence electrons. The van der Waals surface area contributed by atoms with E-state index in [4.69, 9.17) is 5.10 Å². The molecule has 0 aliphatic carbocycles. The van der Waals surface area contributed by atoms with Crippen molar-refractivity contribution in [1.29, 1.82) is 0 Å². The smallest absolute Gasteiger partial charge is 0.0643 e. The summed E-state index contributed by atoms with van der Waals surface area (Å²) in [7, 11) is 2.02. The first-order chi connectivity index (χ1) is 10.0. The lowest BCUT2D eigenvalue weighted by atomic mass is 9.98. The number of aryl methyl sites for hydroxylation is 2. The van der Waals surface area contributed by atoms with Crippen LogP contribution in [0.2, 0.25) is 0 Å². The molecule has 3 heteroatoms. The van der Waals surface area contributed by atoms with Crippen LogP contribution in [0, 0.1) is 13.8 Å². The van der Waals surface area contributed by atoms with Gasteiger partial charge < -0.3 is 5.32 Å². The molecule has 0 saturated carbocycles. The van der Waals surface area contributed by atoms with Gasteiger partial charge in [0.25, 0.3) is 0 Å². The molecule has 0 fully saturated rings. The van der Waals surface area contributed by atoms with Crippen molar-refractivity contribution < 1.29 is 0 Å². The number of rotatable bonds is 6. The Kier molecular flexibility index (Phi) is 5.18. The molecule has 0 aliphatic rings. The summed E-state index contributed by atoms with van der Waals surface area (Å²) in [6.07, 6.45) is 4.12. The lowest BCUT2D eigenvalue weighted by Crippen LogP contribution is -2.19. The minimum absolute atomic E-state index is 0.309. The summed E-state index contributed by atoms with van der Waals surface area (Å²) in [5, 5.41) is 8.14. The predicted molar refractivity (Wildman–Crippen MR) is 88.6 cm³/mol. The number of nitrogens with zero attached hydrogens (tertiary/aromatic N) is 2. The van der Waals surface area contributed by atoms with Crippen molar-refractivity contribution in [2.75, 3.05) is 7.05 Å². The number of benzene rings is 1. The molecule has 0 spiro atoms. The highest BCUT2D eigenvalue weighted by Gasteiger charge is 2.13. The van der Waals surface area contributed by atoms with Crippen molar-refractivity contribution in [2.45, 2.75) is 52.6 Å². The van der Waals surface area contributed by atoms with Crippen molar-refractivity contribution in [1.82, 2.24) is 15.1 Å². The quantitative estimate of drug-likeness (QED) is 0.870. The first-order valence-corrected chi connectivity index (χ1v) is 7.83. The van der Waals surface area contributed by atoms with E-state index in [0.29, 0.717) is 12.1 Å². The molecule has 2 rings (SSSR count). The highest BCUT2D eigenvalue weighted by molar-refractivity contribution is 5.31. The van der Waals surface area contributed by atoms with Crippen molar-refractivity contribution in [3.63, 3.8) is 0 Å². The number of hydrogen-bond donors (Lipinski definition) is 1. The highest BCUT2D eigenvalue weighted by Crippen LogP contribution is 2.21. The van der Waals surface area contributed by atoms with Crippen LogP contribution in [0.5, 0.6) is 0 Å². The fourth-order valence-electron chi connectivity index (χ4n) is 2.73. The van der Waals surface area contributed by atoms with Gasteiger partial charge in [-0.05, 0) is 45.9 Å². The van der Waals surface area contributed by atoms with Gasteiger partial charge in [-0.15, -0.1) is 0 Å². The Balaban J connectivity index is 2.17. The first-order valence-electron chi connectivity index (χ1n) is 7.83. The molecule has 0 radical (unpaired) electrons. The Hall–Kier alpha value is -1.61. The SMILES string of the molecule is CCC(C)n1ccc(CC(NC)c2cc(C)cc(C)c2)n1. The van der Waals surface area contributed by atoms with Crippen LogP contribution in [-0.2, 0) is 6.42 Å². The molecule has 2 aromatic rings. The normalized spacial score (nSPS) is 14.1. The van der Waals surface area contributed by atoms with Gasteiger partial charge in [0.15, 0.2) is 0 Å². The summed E-state index contributed by atoms with van der Waals surface area (Å²) < 4.78 is 2.07. The van der Waals surface area contributed by atoms with Gasteiger partial charge in [0.2, 0.25) is 0 Å². The molecule has 2 atom stereocenters. The van der Waals surface area contributed by atoms with Gasteiger partial charge in [0.05, 0.1) is 5.69 Å². The van der Waals surface area contributed by atoms with Gasteiger partial charge in [-0.25, -0.2) is 0 Å². The largest absolute Gasteiger partial charge is 0.313 e. The van der Waals surface area contributed by atoms with Crippen LogP contribution in [0.25, 0.3) is 0 Å². The topological polar surface area (TPSA) is 29.9 Å². The standard InChI is InChI=1S/C18H27N3/c1-6-15(4)21-8-7-17(20-21)12-18(19-5)16-10-13(2)9-14(3)11-16/h7-11,15,18-19H,6,12H2,1-5H3. The Morgan fingerprint density at radius 2 is 1.86 bits per heavy atom. The number of aromatic nitrogens is 2. The van der Waals surface area contributed by atoms with E-state index in [1.165, 1.54) is 16.7 Å². The summed E-state index contributed by atoms with van der Waals surface area (Å²) >= 11 is 0. The van der Waals surface area contributed by atoms with E-state index in [1.807, 2.05) is 7.05 Å². The molecule has 0 amide bonds. The molecular weight excluding hydrogens is 258 g/mol. The van der Waals surface area contributed by atoms with E-state index in [1.54, 1.807) is 0 Å². The third-order valence-electron chi connectivity index (χ3n) is 4.11. The zero-order valence-electron chi connectivity index (χ0n) is 13.9. The molecule has 1 N–H and O–H groups in total. The zero-order valence-corrected chi connectivity index (χ0v) is 13.9. The molecule has 1 heterocycles. The third-order valence-corrected chi connectivity index (χ3v) is 4.11. The van der Waals surface area contributed by atoms with Crippen molar-refractivity contribution in [3.05, 3.63) is 52.8 Å². The maximum absolute atomic E-state index is 4.72. The van der Waals surface area contributed by atoms with Crippen molar-refractivity contribution in [2.24, 2.45) is 0 Å². The van der Waals surface area contributed by atoms with Gasteiger partial charge in [0.1, 0.15) is 0 Å². The second-order valence-corrected chi connectivity index (χ2v) is 6.01. The predicted octanol–water partition coefficient (Wildman–Crippen LogP) is 3.97. The average molecular weight is 285 g/mol. The van der Waals surface area contributed by atoms with E-state index >= 15 is 0 Å². The molecule has 0 bridgehead atoms. The molecule has 2 unspecified atom stereocenters. The van der Waals surface area contributed by atoms with Crippen LogP contribution in [0.3, 0.4) is 0 Å². The summed E-state index contributed by atoms with van der Waals surface area (Å²) in [4.78, 5) is 0. The maximum atomic E-state index is 4.72. The summed E-state index contributed by atoms with van der Waals surface area (Å²) in [5.74, 6) is 0. The average Bonchev–Trinajstić information content (AvgIpc) is 2.91. The van der Waals surface area contributed by atoms with E-state index in [9.17, 15) is 0 Å².